The molecule has 0 radical (unpaired) electrons. The van der Waals surface area contributed by atoms with Crippen molar-refractivity contribution in [1.82, 2.24) is 24.6 Å². The highest BCUT2D eigenvalue weighted by molar-refractivity contribution is 6.04. The highest BCUT2D eigenvalue weighted by atomic mass is 16.6. The zero-order chi connectivity index (χ0) is 19.8. The van der Waals surface area contributed by atoms with Crippen LogP contribution in [0.2, 0.25) is 0 Å². The van der Waals surface area contributed by atoms with Gasteiger partial charge in [0.2, 0.25) is 0 Å². The molecule has 2 amide bonds. The Morgan fingerprint density at radius 3 is 2.33 bits per heavy atom. The molecule has 1 saturated heterocycles. The fourth-order valence-corrected chi connectivity index (χ4v) is 2.92. The smallest absolute Gasteiger partial charge is 0.410 e. The molecule has 9 heteroatoms. The van der Waals surface area contributed by atoms with Gasteiger partial charge in [0.05, 0.1) is 5.39 Å². The molecule has 9 nitrogen and oxygen atoms in total. The largest absolute Gasteiger partial charge is 0.444 e. The van der Waals surface area contributed by atoms with Crippen molar-refractivity contribution in [3.05, 3.63) is 34.5 Å². The number of hydrogen-bond acceptors (Lipinski definition) is 6. The average molecular weight is 373 g/mol. The Bertz CT molecular complexity index is 939. The van der Waals surface area contributed by atoms with Crippen molar-refractivity contribution < 1.29 is 14.3 Å². The lowest BCUT2D eigenvalue weighted by atomic mass is 10.1. The summed E-state index contributed by atoms with van der Waals surface area (Å²) in [5.41, 5.74) is -0.654. The second-order valence-corrected chi connectivity index (χ2v) is 7.46. The molecule has 3 heterocycles. The Balaban J connectivity index is 1.77. The van der Waals surface area contributed by atoms with Crippen LogP contribution in [0.25, 0.3) is 10.8 Å². The van der Waals surface area contributed by atoms with Crippen molar-refractivity contribution in [2.24, 2.45) is 7.05 Å². The maximum absolute atomic E-state index is 13.0. The molecule has 0 aliphatic carbocycles. The van der Waals surface area contributed by atoms with Gasteiger partial charge < -0.3 is 14.5 Å². The highest BCUT2D eigenvalue weighted by Gasteiger charge is 2.29. The summed E-state index contributed by atoms with van der Waals surface area (Å²) >= 11 is 0. The van der Waals surface area contributed by atoms with Crippen molar-refractivity contribution in [2.75, 3.05) is 26.2 Å². The van der Waals surface area contributed by atoms with Crippen LogP contribution in [0.15, 0.2) is 23.3 Å². The summed E-state index contributed by atoms with van der Waals surface area (Å²) in [7, 11) is 1.51. The molecule has 0 N–H and O–H groups in total. The molecule has 0 unspecified atom stereocenters. The molecule has 0 saturated carbocycles. The van der Waals surface area contributed by atoms with Crippen molar-refractivity contribution in [1.29, 1.82) is 0 Å². The molecule has 0 atom stereocenters. The van der Waals surface area contributed by atoms with Gasteiger partial charge in [-0.3, -0.25) is 14.6 Å². The molecule has 1 aliphatic heterocycles. The molecule has 2 aromatic rings. The molecule has 2 aromatic heterocycles. The SMILES string of the molecule is Cn1nc(C(=O)N2CCN(C(=O)OC(C)(C)C)CC2)c2cnccc2c1=O. The summed E-state index contributed by atoms with van der Waals surface area (Å²) in [4.78, 5) is 44.6. The number of fused-ring (bicyclic) bond motifs is 1. The zero-order valence-corrected chi connectivity index (χ0v) is 15.9. The number of ether oxygens (including phenoxy) is 1. The number of hydrogen-bond donors (Lipinski definition) is 0. The van der Waals surface area contributed by atoms with Gasteiger partial charge in [-0.15, -0.1) is 0 Å². The minimum Gasteiger partial charge on any atom is -0.444 e. The Morgan fingerprint density at radius 1 is 1.07 bits per heavy atom. The van der Waals surface area contributed by atoms with Crippen LogP contribution in [-0.4, -0.2) is 68.3 Å². The normalized spacial score (nSPS) is 15.1. The van der Waals surface area contributed by atoms with E-state index < -0.39 is 5.60 Å². The first-order valence-electron chi connectivity index (χ1n) is 8.75. The Hall–Kier alpha value is -2.97. The number of carbonyl (C=O) groups excluding carboxylic acids is 2. The van der Waals surface area contributed by atoms with Gasteiger partial charge in [0.15, 0.2) is 5.69 Å². The van der Waals surface area contributed by atoms with Gasteiger partial charge in [-0.05, 0) is 26.8 Å². The number of pyridine rings is 1. The van der Waals surface area contributed by atoms with Crippen LogP contribution < -0.4 is 5.56 Å². The van der Waals surface area contributed by atoms with Crippen molar-refractivity contribution in [3.63, 3.8) is 0 Å². The molecule has 27 heavy (non-hydrogen) atoms. The van der Waals surface area contributed by atoms with E-state index in [0.717, 1.165) is 4.68 Å². The third kappa shape index (κ3) is 3.91. The molecule has 144 valence electrons. The Morgan fingerprint density at radius 2 is 1.70 bits per heavy atom. The van der Waals surface area contributed by atoms with E-state index in [9.17, 15) is 14.4 Å². The first-order chi connectivity index (χ1) is 12.7. The van der Waals surface area contributed by atoms with Crippen molar-refractivity contribution in [2.45, 2.75) is 26.4 Å². The lowest BCUT2D eigenvalue weighted by Gasteiger charge is -2.35. The number of aromatic nitrogens is 3. The predicted molar refractivity (Wildman–Crippen MR) is 98.5 cm³/mol. The predicted octanol–water partition coefficient (Wildman–Crippen LogP) is 1.02. The molecule has 3 rings (SSSR count). The van der Waals surface area contributed by atoms with Gasteiger partial charge in [0.1, 0.15) is 5.60 Å². The highest BCUT2D eigenvalue weighted by Crippen LogP contribution is 2.16. The number of piperazine rings is 1. The lowest BCUT2D eigenvalue weighted by Crippen LogP contribution is -2.52. The van der Waals surface area contributed by atoms with Crippen LogP contribution in [0.4, 0.5) is 4.79 Å². The van der Waals surface area contributed by atoms with Gasteiger partial charge in [-0.25, -0.2) is 9.48 Å². The summed E-state index contributed by atoms with van der Waals surface area (Å²) in [5.74, 6) is -0.285. The van der Waals surface area contributed by atoms with Gasteiger partial charge in [0, 0.05) is 51.0 Å². The summed E-state index contributed by atoms with van der Waals surface area (Å²) in [6.07, 6.45) is 2.61. The monoisotopic (exact) mass is 373 g/mol. The zero-order valence-electron chi connectivity index (χ0n) is 15.9. The number of aryl methyl sites for hydroxylation is 1. The summed E-state index contributed by atoms with van der Waals surface area (Å²) < 4.78 is 6.53. The quantitative estimate of drug-likeness (QED) is 0.740. The Kier molecular flexibility index (Phi) is 4.86. The second-order valence-electron chi connectivity index (χ2n) is 7.46. The number of nitrogens with zero attached hydrogens (tertiary/aromatic N) is 5. The second kappa shape index (κ2) is 6.98. The first-order valence-corrected chi connectivity index (χ1v) is 8.75. The molecule has 1 fully saturated rings. The Labute approximate surface area is 156 Å². The van der Waals surface area contributed by atoms with E-state index in [1.54, 1.807) is 15.9 Å². The number of carbonyl (C=O) groups is 2. The van der Waals surface area contributed by atoms with E-state index in [4.69, 9.17) is 4.74 Å². The van der Waals surface area contributed by atoms with E-state index >= 15 is 0 Å². The summed E-state index contributed by atoms with van der Waals surface area (Å²) in [6, 6.07) is 1.58. The molecular weight excluding hydrogens is 350 g/mol. The molecular formula is C18H23N5O4. The van der Waals surface area contributed by atoms with E-state index in [0.29, 0.717) is 37.0 Å². The minimum absolute atomic E-state index is 0.186. The lowest BCUT2D eigenvalue weighted by molar-refractivity contribution is 0.0140. The van der Waals surface area contributed by atoms with Crippen LogP contribution in [0.5, 0.6) is 0 Å². The fourth-order valence-electron chi connectivity index (χ4n) is 2.92. The summed E-state index contributed by atoms with van der Waals surface area (Å²) in [5, 5.41) is 4.98. The van der Waals surface area contributed by atoms with Crippen LogP contribution in [0.3, 0.4) is 0 Å². The van der Waals surface area contributed by atoms with Gasteiger partial charge in [-0.2, -0.15) is 5.10 Å². The fraction of sp³-hybridized carbons (Fsp3) is 0.500. The van der Waals surface area contributed by atoms with Crippen LogP contribution in [0, 0.1) is 0 Å². The van der Waals surface area contributed by atoms with Crippen LogP contribution >= 0.6 is 0 Å². The maximum Gasteiger partial charge on any atom is 0.410 e. The molecule has 0 aromatic carbocycles. The summed E-state index contributed by atoms with van der Waals surface area (Å²) in [6.45, 7) is 6.93. The van der Waals surface area contributed by atoms with E-state index in [1.807, 2.05) is 20.8 Å². The van der Waals surface area contributed by atoms with E-state index in [1.165, 1.54) is 19.4 Å². The number of rotatable bonds is 1. The molecule has 0 bridgehead atoms. The van der Waals surface area contributed by atoms with Crippen molar-refractivity contribution >= 4 is 22.8 Å². The van der Waals surface area contributed by atoms with Gasteiger partial charge >= 0.3 is 6.09 Å². The molecule has 0 spiro atoms. The van der Waals surface area contributed by atoms with Crippen LogP contribution in [-0.2, 0) is 11.8 Å². The molecule has 1 aliphatic rings. The third-order valence-corrected chi connectivity index (χ3v) is 4.27. The third-order valence-electron chi connectivity index (χ3n) is 4.27. The van der Waals surface area contributed by atoms with Crippen LogP contribution in [0.1, 0.15) is 31.3 Å². The minimum atomic E-state index is -0.561. The first kappa shape index (κ1) is 18.8. The topological polar surface area (TPSA) is 97.6 Å². The van der Waals surface area contributed by atoms with Crippen molar-refractivity contribution in [3.8, 4) is 0 Å². The number of amides is 2. The van der Waals surface area contributed by atoms with E-state index in [2.05, 4.69) is 10.1 Å². The van der Waals surface area contributed by atoms with Gasteiger partial charge in [-0.1, -0.05) is 0 Å². The average Bonchev–Trinajstić information content (AvgIpc) is 2.63. The standard InChI is InChI=1S/C18H23N5O4/c1-18(2,3)27-17(26)23-9-7-22(8-10-23)16(25)14-13-11-19-6-5-12(13)15(24)21(4)20-14/h5-6,11H,7-10H2,1-4H3. The maximum atomic E-state index is 13.0. The van der Waals surface area contributed by atoms with Gasteiger partial charge in [0.25, 0.3) is 11.5 Å². The van der Waals surface area contributed by atoms with E-state index in [-0.39, 0.29) is 23.3 Å².